The van der Waals surface area contributed by atoms with E-state index < -0.39 is 5.97 Å². The third-order valence-corrected chi connectivity index (χ3v) is 3.65. The minimum absolute atomic E-state index is 0.0666. The summed E-state index contributed by atoms with van der Waals surface area (Å²) in [6.45, 7) is 0. The zero-order valence-electron chi connectivity index (χ0n) is 11.2. The van der Waals surface area contributed by atoms with Gasteiger partial charge < -0.3 is 14.4 Å². The molecule has 5 nitrogen and oxygen atoms in total. The molecule has 0 unspecified atom stereocenters. The van der Waals surface area contributed by atoms with E-state index in [-0.39, 0.29) is 6.42 Å². The maximum absolute atomic E-state index is 10.7. The van der Waals surface area contributed by atoms with E-state index in [0.717, 1.165) is 35.4 Å². The van der Waals surface area contributed by atoms with Crippen molar-refractivity contribution in [1.29, 1.82) is 0 Å². The summed E-state index contributed by atoms with van der Waals surface area (Å²) in [5, 5.41) is 12.9. The van der Waals surface area contributed by atoms with Crippen LogP contribution >= 0.6 is 0 Å². The fourth-order valence-corrected chi connectivity index (χ4v) is 2.62. The molecule has 0 spiro atoms. The molecule has 1 aromatic heterocycles. The topological polar surface area (TPSA) is 72.6 Å². The van der Waals surface area contributed by atoms with Gasteiger partial charge in [0.15, 0.2) is 0 Å². The lowest BCUT2D eigenvalue weighted by Gasteiger charge is -2.15. The number of ether oxygens (including phenoxy) is 1. The Labute approximate surface area is 116 Å². The van der Waals surface area contributed by atoms with E-state index in [4.69, 9.17) is 14.4 Å². The molecule has 1 aliphatic carbocycles. The number of benzene rings is 1. The highest BCUT2D eigenvalue weighted by Gasteiger charge is 2.24. The molecule has 20 heavy (non-hydrogen) atoms. The van der Waals surface area contributed by atoms with Crippen molar-refractivity contribution in [1.82, 2.24) is 5.16 Å². The number of rotatable bonds is 4. The van der Waals surface area contributed by atoms with Gasteiger partial charge in [-0.1, -0.05) is 5.16 Å². The van der Waals surface area contributed by atoms with Gasteiger partial charge in [-0.2, -0.15) is 0 Å². The number of aliphatic carboxylic acids is 1. The van der Waals surface area contributed by atoms with E-state index in [1.54, 1.807) is 7.11 Å². The number of nitrogens with zero attached hydrogens (tertiary/aromatic N) is 1. The lowest BCUT2D eigenvalue weighted by molar-refractivity contribution is -0.137. The Bertz CT molecular complexity index is 660. The summed E-state index contributed by atoms with van der Waals surface area (Å²) in [4.78, 5) is 10.7. The summed E-state index contributed by atoms with van der Waals surface area (Å²) in [5.41, 5.74) is 4.13. The van der Waals surface area contributed by atoms with Crippen molar-refractivity contribution in [3.63, 3.8) is 0 Å². The molecule has 0 bridgehead atoms. The van der Waals surface area contributed by atoms with Crippen molar-refractivity contribution < 1.29 is 19.2 Å². The lowest BCUT2D eigenvalue weighted by atomic mass is 9.88. The van der Waals surface area contributed by atoms with E-state index >= 15 is 0 Å². The van der Waals surface area contributed by atoms with Gasteiger partial charge >= 0.3 is 5.97 Å². The molecular formula is C15H15NO4. The van der Waals surface area contributed by atoms with Crippen LogP contribution in [0, 0.1) is 0 Å². The highest BCUT2D eigenvalue weighted by Crippen LogP contribution is 2.36. The highest BCUT2D eigenvalue weighted by molar-refractivity contribution is 5.71. The zero-order valence-corrected chi connectivity index (χ0v) is 11.2. The maximum Gasteiger partial charge on any atom is 0.303 e. The number of hydrogen-bond donors (Lipinski definition) is 1. The van der Waals surface area contributed by atoms with Crippen LogP contribution in [0.5, 0.6) is 5.75 Å². The normalized spacial score (nSPS) is 12.7. The van der Waals surface area contributed by atoms with Crippen LogP contribution in [0.2, 0.25) is 0 Å². The van der Waals surface area contributed by atoms with Crippen LogP contribution in [0.3, 0.4) is 0 Å². The molecule has 104 valence electrons. The number of aryl methyl sites for hydroxylation is 2. The van der Waals surface area contributed by atoms with Crippen molar-refractivity contribution in [2.24, 2.45) is 0 Å². The van der Waals surface area contributed by atoms with Gasteiger partial charge in [0.2, 0.25) is 0 Å². The van der Waals surface area contributed by atoms with Gasteiger partial charge in [-0.25, -0.2) is 0 Å². The predicted molar refractivity (Wildman–Crippen MR) is 71.9 cm³/mol. The molecule has 0 amide bonds. The van der Waals surface area contributed by atoms with Gasteiger partial charge in [-0.05, 0) is 36.6 Å². The van der Waals surface area contributed by atoms with Crippen molar-refractivity contribution in [2.75, 3.05) is 7.11 Å². The second kappa shape index (κ2) is 5.00. The molecule has 1 heterocycles. The minimum atomic E-state index is -0.823. The van der Waals surface area contributed by atoms with Gasteiger partial charge in [-0.15, -0.1) is 0 Å². The largest absolute Gasteiger partial charge is 0.497 e. The molecule has 0 saturated carbocycles. The number of methoxy groups -OCH3 is 1. The van der Waals surface area contributed by atoms with E-state index in [1.165, 1.54) is 5.56 Å². The van der Waals surface area contributed by atoms with Gasteiger partial charge in [0, 0.05) is 17.5 Å². The quantitative estimate of drug-likeness (QED) is 0.926. The lowest BCUT2D eigenvalue weighted by Crippen LogP contribution is -2.06. The van der Waals surface area contributed by atoms with Gasteiger partial charge in [0.25, 0.3) is 0 Å². The monoisotopic (exact) mass is 273 g/mol. The first kappa shape index (κ1) is 12.7. The minimum Gasteiger partial charge on any atom is -0.497 e. The van der Waals surface area contributed by atoms with E-state index in [1.807, 2.05) is 18.2 Å². The molecule has 0 fully saturated rings. The van der Waals surface area contributed by atoms with Crippen molar-refractivity contribution in [3.8, 4) is 17.0 Å². The average molecular weight is 273 g/mol. The Morgan fingerprint density at radius 2 is 2.30 bits per heavy atom. The Kier molecular flexibility index (Phi) is 3.18. The Morgan fingerprint density at radius 1 is 1.45 bits per heavy atom. The Morgan fingerprint density at radius 3 is 3.05 bits per heavy atom. The summed E-state index contributed by atoms with van der Waals surface area (Å²) < 4.78 is 10.6. The third-order valence-electron chi connectivity index (χ3n) is 3.65. The van der Waals surface area contributed by atoms with E-state index in [0.29, 0.717) is 12.2 Å². The molecular weight excluding hydrogens is 258 g/mol. The first-order chi connectivity index (χ1) is 9.69. The molecule has 0 aliphatic heterocycles. The van der Waals surface area contributed by atoms with Gasteiger partial charge in [0.05, 0.1) is 13.5 Å². The summed E-state index contributed by atoms with van der Waals surface area (Å²) >= 11 is 0. The third kappa shape index (κ3) is 2.15. The van der Waals surface area contributed by atoms with Crippen LogP contribution in [0.1, 0.15) is 23.3 Å². The fourth-order valence-electron chi connectivity index (χ4n) is 2.62. The molecule has 0 radical (unpaired) electrons. The smallest absolute Gasteiger partial charge is 0.303 e. The summed E-state index contributed by atoms with van der Waals surface area (Å²) in [7, 11) is 1.65. The van der Waals surface area contributed by atoms with Crippen molar-refractivity contribution in [2.45, 2.75) is 25.7 Å². The first-order valence-corrected chi connectivity index (χ1v) is 6.55. The second-order valence-electron chi connectivity index (χ2n) is 4.85. The Hall–Kier alpha value is -2.30. The predicted octanol–water partition coefficient (Wildman–Crippen LogP) is 2.47. The van der Waals surface area contributed by atoms with Crippen LogP contribution in [0.25, 0.3) is 11.3 Å². The van der Waals surface area contributed by atoms with Crippen LogP contribution in [-0.2, 0) is 24.1 Å². The maximum atomic E-state index is 10.7. The number of fused-ring (bicyclic) bond motifs is 3. The summed E-state index contributed by atoms with van der Waals surface area (Å²) in [6.07, 6.45) is 2.18. The zero-order chi connectivity index (χ0) is 14.1. The van der Waals surface area contributed by atoms with Crippen molar-refractivity contribution >= 4 is 5.97 Å². The van der Waals surface area contributed by atoms with Crippen LogP contribution in [-0.4, -0.2) is 23.3 Å². The molecule has 0 saturated heterocycles. The molecule has 3 rings (SSSR count). The van der Waals surface area contributed by atoms with Crippen LogP contribution in [0.4, 0.5) is 0 Å². The SMILES string of the molecule is COc1ccc2c(c1)CCc1c-2noc1CCC(=O)O. The van der Waals surface area contributed by atoms with Crippen LogP contribution < -0.4 is 4.74 Å². The second-order valence-corrected chi connectivity index (χ2v) is 4.85. The van der Waals surface area contributed by atoms with E-state index in [9.17, 15) is 4.79 Å². The average Bonchev–Trinajstić information content (AvgIpc) is 2.87. The highest BCUT2D eigenvalue weighted by atomic mass is 16.5. The number of aromatic nitrogens is 1. The van der Waals surface area contributed by atoms with Gasteiger partial charge in [0.1, 0.15) is 17.2 Å². The van der Waals surface area contributed by atoms with E-state index in [2.05, 4.69) is 5.16 Å². The van der Waals surface area contributed by atoms with Crippen molar-refractivity contribution in [3.05, 3.63) is 35.1 Å². The summed E-state index contributed by atoms with van der Waals surface area (Å²) in [6, 6.07) is 5.90. The molecule has 0 atom stereocenters. The number of carboxylic acid groups (broad SMARTS) is 1. The number of hydrogen-bond acceptors (Lipinski definition) is 4. The molecule has 2 aromatic rings. The fraction of sp³-hybridized carbons (Fsp3) is 0.333. The Balaban J connectivity index is 1.95. The summed E-state index contributed by atoms with van der Waals surface area (Å²) in [5.74, 6) is 0.710. The molecule has 1 aromatic carbocycles. The molecule has 1 aliphatic rings. The number of carbonyl (C=O) groups is 1. The molecule has 1 N–H and O–H groups in total. The standard InChI is InChI=1S/C15H15NO4/c1-19-10-3-5-11-9(8-10)2-4-12-13(6-7-14(17)18)20-16-15(11)12/h3,5,8H,2,4,6-7H2,1H3,(H,17,18). The molecule has 5 heteroatoms. The number of carboxylic acids is 1. The first-order valence-electron chi connectivity index (χ1n) is 6.55. The van der Waals surface area contributed by atoms with Gasteiger partial charge in [-0.3, -0.25) is 4.79 Å². The van der Waals surface area contributed by atoms with Crippen LogP contribution in [0.15, 0.2) is 22.7 Å².